The first kappa shape index (κ1) is 13.5. The molecule has 102 valence electrons. The highest BCUT2D eigenvalue weighted by Crippen LogP contribution is 2.43. The summed E-state index contributed by atoms with van der Waals surface area (Å²) in [6.45, 7) is -0.605. The van der Waals surface area contributed by atoms with Gasteiger partial charge in [0.1, 0.15) is 6.04 Å². The minimum Gasteiger partial charge on any atom is -0.480 e. The lowest BCUT2D eigenvalue weighted by molar-refractivity contribution is -0.144. The Balaban J connectivity index is 2.18. The molecule has 0 aromatic heterocycles. The molecule has 1 aliphatic rings. The first-order valence-electron chi connectivity index (χ1n) is 6.30. The second kappa shape index (κ2) is 5.40. The molecule has 1 saturated carbocycles. The smallest absolute Gasteiger partial charge is 0.328 e. The Morgan fingerprint density at radius 2 is 1.89 bits per heavy atom. The lowest BCUT2D eigenvalue weighted by atomic mass is 9.63. The van der Waals surface area contributed by atoms with Crippen LogP contribution in [0, 0.1) is 0 Å². The summed E-state index contributed by atoms with van der Waals surface area (Å²) >= 11 is 0. The zero-order valence-corrected chi connectivity index (χ0v) is 10.5. The van der Waals surface area contributed by atoms with E-state index in [9.17, 15) is 9.59 Å². The number of benzene rings is 1. The van der Waals surface area contributed by atoms with Crippen LogP contribution in [-0.2, 0) is 15.0 Å². The molecule has 1 atom stereocenters. The van der Waals surface area contributed by atoms with Gasteiger partial charge in [-0.15, -0.1) is 0 Å². The molecule has 0 bridgehead atoms. The molecule has 5 heteroatoms. The number of aliphatic carboxylic acids is 1. The van der Waals surface area contributed by atoms with E-state index in [4.69, 9.17) is 10.2 Å². The van der Waals surface area contributed by atoms with Crippen molar-refractivity contribution in [2.75, 3.05) is 6.61 Å². The van der Waals surface area contributed by atoms with Gasteiger partial charge >= 0.3 is 5.97 Å². The molecule has 0 unspecified atom stereocenters. The SMILES string of the molecule is O=C(O)[C@@H](CO)NC(=O)C1(c2ccccc2)CCC1. The molecular weight excluding hydrogens is 246 g/mol. The van der Waals surface area contributed by atoms with Gasteiger partial charge in [-0.25, -0.2) is 4.79 Å². The largest absolute Gasteiger partial charge is 0.480 e. The first-order valence-corrected chi connectivity index (χ1v) is 6.30. The van der Waals surface area contributed by atoms with E-state index in [2.05, 4.69) is 5.32 Å². The van der Waals surface area contributed by atoms with Gasteiger partial charge in [-0.1, -0.05) is 36.8 Å². The van der Waals surface area contributed by atoms with Gasteiger partial charge in [0, 0.05) is 0 Å². The highest BCUT2D eigenvalue weighted by atomic mass is 16.4. The second-order valence-electron chi connectivity index (χ2n) is 4.85. The number of hydrogen-bond acceptors (Lipinski definition) is 3. The molecule has 0 heterocycles. The summed E-state index contributed by atoms with van der Waals surface area (Å²) in [5.41, 5.74) is 0.269. The summed E-state index contributed by atoms with van der Waals surface area (Å²) in [5, 5.41) is 20.3. The zero-order chi connectivity index (χ0) is 13.9. The summed E-state index contributed by atoms with van der Waals surface area (Å²) in [6, 6.07) is 8.13. The standard InChI is InChI=1S/C14H17NO4/c16-9-11(12(17)18)15-13(19)14(7-4-8-14)10-5-2-1-3-6-10/h1-3,5-6,11,16H,4,7-9H2,(H,15,19)(H,17,18)/t11-/m1/s1. The van der Waals surface area contributed by atoms with Crippen LogP contribution in [0.5, 0.6) is 0 Å². The Morgan fingerprint density at radius 3 is 2.32 bits per heavy atom. The molecule has 5 nitrogen and oxygen atoms in total. The number of aliphatic hydroxyl groups is 1. The maximum absolute atomic E-state index is 12.3. The number of rotatable bonds is 5. The van der Waals surface area contributed by atoms with Crippen LogP contribution in [0.15, 0.2) is 30.3 Å². The van der Waals surface area contributed by atoms with Crippen LogP contribution in [0.25, 0.3) is 0 Å². The molecule has 1 aromatic carbocycles. The van der Waals surface area contributed by atoms with Gasteiger partial charge in [0.05, 0.1) is 12.0 Å². The molecule has 0 saturated heterocycles. The topological polar surface area (TPSA) is 86.6 Å². The molecule has 1 fully saturated rings. The van der Waals surface area contributed by atoms with Gasteiger partial charge in [0.15, 0.2) is 0 Å². The van der Waals surface area contributed by atoms with Gasteiger partial charge in [-0.2, -0.15) is 0 Å². The molecule has 0 spiro atoms. The highest BCUT2D eigenvalue weighted by Gasteiger charge is 2.46. The van der Waals surface area contributed by atoms with Crippen LogP contribution in [0.3, 0.4) is 0 Å². The third-order valence-electron chi connectivity index (χ3n) is 3.75. The summed E-state index contributed by atoms with van der Waals surface area (Å²) in [5.74, 6) is -1.54. The lowest BCUT2D eigenvalue weighted by Gasteiger charge is -2.41. The van der Waals surface area contributed by atoms with Crippen LogP contribution in [-0.4, -0.2) is 34.7 Å². The van der Waals surface area contributed by atoms with Crippen molar-refractivity contribution in [3.05, 3.63) is 35.9 Å². The van der Waals surface area contributed by atoms with Crippen molar-refractivity contribution in [1.29, 1.82) is 0 Å². The number of carbonyl (C=O) groups excluding carboxylic acids is 1. The molecule has 19 heavy (non-hydrogen) atoms. The fraction of sp³-hybridized carbons (Fsp3) is 0.429. The molecule has 0 aliphatic heterocycles. The minimum atomic E-state index is -1.24. The van der Waals surface area contributed by atoms with Crippen molar-refractivity contribution in [2.45, 2.75) is 30.7 Å². The third kappa shape index (κ3) is 2.46. The van der Waals surface area contributed by atoms with E-state index in [-0.39, 0.29) is 5.91 Å². The monoisotopic (exact) mass is 263 g/mol. The van der Waals surface area contributed by atoms with Gasteiger partial charge in [0.2, 0.25) is 5.91 Å². The maximum atomic E-state index is 12.3. The minimum absolute atomic E-state index is 0.314. The van der Waals surface area contributed by atoms with Crippen LogP contribution >= 0.6 is 0 Å². The fourth-order valence-electron chi connectivity index (χ4n) is 2.42. The van der Waals surface area contributed by atoms with Crippen molar-refractivity contribution in [1.82, 2.24) is 5.32 Å². The molecule has 1 amide bonds. The Labute approximate surface area is 111 Å². The Bertz CT molecular complexity index is 468. The normalized spacial score (nSPS) is 18.2. The summed E-state index contributed by atoms with van der Waals surface area (Å²) < 4.78 is 0. The third-order valence-corrected chi connectivity index (χ3v) is 3.75. The summed E-state index contributed by atoms with van der Waals surface area (Å²) in [4.78, 5) is 23.2. The van der Waals surface area contributed by atoms with Crippen molar-refractivity contribution in [3.8, 4) is 0 Å². The van der Waals surface area contributed by atoms with Crippen molar-refractivity contribution in [3.63, 3.8) is 0 Å². The quantitative estimate of drug-likeness (QED) is 0.728. The van der Waals surface area contributed by atoms with E-state index >= 15 is 0 Å². The average molecular weight is 263 g/mol. The van der Waals surface area contributed by atoms with Gasteiger partial charge < -0.3 is 15.5 Å². The maximum Gasteiger partial charge on any atom is 0.328 e. The Kier molecular flexibility index (Phi) is 3.85. The first-order chi connectivity index (χ1) is 9.10. The molecule has 0 radical (unpaired) electrons. The van der Waals surface area contributed by atoms with Gasteiger partial charge in [0.25, 0.3) is 0 Å². The van der Waals surface area contributed by atoms with Crippen LogP contribution < -0.4 is 5.32 Å². The van der Waals surface area contributed by atoms with Crippen molar-refractivity contribution >= 4 is 11.9 Å². The number of carboxylic acid groups (broad SMARTS) is 1. The van der Waals surface area contributed by atoms with Crippen LogP contribution in [0.1, 0.15) is 24.8 Å². The Hall–Kier alpha value is -1.88. The van der Waals surface area contributed by atoms with E-state index in [0.29, 0.717) is 12.8 Å². The second-order valence-corrected chi connectivity index (χ2v) is 4.85. The number of carbonyl (C=O) groups is 2. The van der Waals surface area contributed by atoms with Gasteiger partial charge in [-0.3, -0.25) is 4.79 Å². The number of carboxylic acids is 1. The Morgan fingerprint density at radius 1 is 1.26 bits per heavy atom. The van der Waals surface area contributed by atoms with E-state index in [1.54, 1.807) is 0 Å². The number of hydrogen-bond donors (Lipinski definition) is 3. The zero-order valence-electron chi connectivity index (χ0n) is 10.5. The van der Waals surface area contributed by atoms with E-state index in [1.165, 1.54) is 0 Å². The molecule has 2 rings (SSSR count). The molecular formula is C14H17NO4. The van der Waals surface area contributed by atoms with Crippen molar-refractivity contribution < 1.29 is 19.8 Å². The summed E-state index contributed by atoms with van der Waals surface area (Å²) in [6.07, 6.45) is 2.36. The molecule has 1 aromatic rings. The highest BCUT2D eigenvalue weighted by molar-refractivity contribution is 5.92. The predicted molar refractivity (Wildman–Crippen MR) is 68.6 cm³/mol. The van der Waals surface area contributed by atoms with Gasteiger partial charge in [-0.05, 0) is 18.4 Å². The van der Waals surface area contributed by atoms with Crippen molar-refractivity contribution in [2.24, 2.45) is 0 Å². The van der Waals surface area contributed by atoms with Crippen LogP contribution in [0.2, 0.25) is 0 Å². The van der Waals surface area contributed by atoms with Crippen LogP contribution in [0.4, 0.5) is 0 Å². The number of aliphatic hydroxyl groups excluding tert-OH is 1. The number of nitrogens with one attached hydrogen (secondary N) is 1. The number of amides is 1. The summed E-state index contributed by atoms with van der Waals surface area (Å²) in [7, 11) is 0. The average Bonchev–Trinajstić information content (AvgIpc) is 2.35. The van der Waals surface area contributed by atoms with E-state index < -0.39 is 24.0 Å². The fourth-order valence-corrected chi connectivity index (χ4v) is 2.42. The molecule has 3 N–H and O–H groups in total. The lowest BCUT2D eigenvalue weighted by Crippen LogP contribution is -2.54. The van der Waals surface area contributed by atoms with E-state index in [0.717, 1.165) is 12.0 Å². The molecule has 1 aliphatic carbocycles. The predicted octanol–water partition coefficient (Wildman–Crippen LogP) is 0.670. The van der Waals surface area contributed by atoms with E-state index in [1.807, 2.05) is 30.3 Å².